The molecule has 1 N–H and O–H groups in total. The molecule has 0 saturated carbocycles. The molecular formula is C16H19N3O. The number of rotatable bonds is 3. The predicted octanol–water partition coefficient (Wildman–Crippen LogP) is 2.05. The van der Waals surface area contributed by atoms with Crippen molar-refractivity contribution in [2.45, 2.75) is 26.2 Å². The molecule has 4 heteroatoms. The molecule has 2 aromatic rings. The number of nitrogens with zero attached hydrogens (tertiary/aromatic N) is 2. The first-order chi connectivity index (χ1) is 9.69. The zero-order valence-electron chi connectivity index (χ0n) is 11.7. The van der Waals surface area contributed by atoms with Crippen LogP contribution in [0.15, 0.2) is 31.0 Å². The van der Waals surface area contributed by atoms with Gasteiger partial charge in [0, 0.05) is 30.8 Å². The first kappa shape index (κ1) is 12.9. The Bertz CT molecular complexity index is 672. The van der Waals surface area contributed by atoms with E-state index in [2.05, 4.69) is 40.5 Å². The van der Waals surface area contributed by atoms with Gasteiger partial charge in [-0.15, -0.1) is 6.58 Å². The number of fused-ring (bicyclic) bond motifs is 3. The molecule has 20 heavy (non-hydrogen) atoms. The average molecular weight is 269 g/mol. The fourth-order valence-electron chi connectivity index (χ4n) is 2.85. The second-order valence-corrected chi connectivity index (χ2v) is 5.41. The first-order valence-corrected chi connectivity index (χ1v) is 7.04. The Kier molecular flexibility index (Phi) is 3.30. The Balaban J connectivity index is 1.89. The van der Waals surface area contributed by atoms with Crippen molar-refractivity contribution in [1.82, 2.24) is 14.7 Å². The third-order valence-corrected chi connectivity index (χ3v) is 3.91. The number of hydrogen-bond acceptors (Lipinski definition) is 2. The molecule has 0 aliphatic heterocycles. The van der Waals surface area contributed by atoms with Crippen LogP contribution in [-0.4, -0.2) is 21.8 Å². The van der Waals surface area contributed by atoms with E-state index < -0.39 is 0 Å². The second-order valence-electron chi connectivity index (χ2n) is 5.41. The molecule has 1 aliphatic carbocycles. The smallest absolute Gasteiger partial charge is 0.223 e. The van der Waals surface area contributed by atoms with Crippen LogP contribution in [0.1, 0.15) is 23.4 Å². The molecule has 3 rings (SSSR count). The molecule has 0 aromatic carbocycles. The summed E-state index contributed by atoms with van der Waals surface area (Å²) in [5.41, 5.74) is 4.51. The van der Waals surface area contributed by atoms with Gasteiger partial charge in [0.1, 0.15) is 5.65 Å². The number of hydrogen-bond donors (Lipinski definition) is 1. The fraction of sp³-hybridized carbons (Fsp3) is 0.375. The number of imidazole rings is 1. The average Bonchev–Trinajstić information content (AvgIpc) is 2.82. The molecule has 2 heterocycles. The molecule has 0 bridgehead atoms. The van der Waals surface area contributed by atoms with Crippen LogP contribution in [0, 0.1) is 12.8 Å². The fourth-order valence-corrected chi connectivity index (χ4v) is 2.85. The summed E-state index contributed by atoms with van der Waals surface area (Å²) in [6.45, 7) is 6.24. The highest BCUT2D eigenvalue weighted by atomic mass is 16.1. The van der Waals surface area contributed by atoms with Crippen LogP contribution in [0.3, 0.4) is 0 Å². The van der Waals surface area contributed by atoms with Gasteiger partial charge in [0.2, 0.25) is 5.91 Å². The van der Waals surface area contributed by atoms with Gasteiger partial charge in [0.25, 0.3) is 0 Å². The maximum absolute atomic E-state index is 12.1. The van der Waals surface area contributed by atoms with Crippen molar-refractivity contribution in [3.63, 3.8) is 0 Å². The normalized spacial score (nSPS) is 17.8. The number of pyridine rings is 1. The van der Waals surface area contributed by atoms with Crippen molar-refractivity contribution in [2.24, 2.45) is 5.92 Å². The van der Waals surface area contributed by atoms with Crippen LogP contribution in [0.2, 0.25) is 0 Å². The lowest BCUT2D eigenvalue weighted by atomic mass is 9.89. The van der Waals surface area contributed by atoms with Gasteiger partial charge >= 0.3 is 0 Å². The van der Waals surface area contributed by atoms with Crippen LogP contribution in [0.5, 0.6) is 0 Å². The summed E-state index contributed by atoms with van der Waals surface area (Å²) >= 11 is 0. The summed E-state index contributed by atoms with van der Waals surface area (Å²) in [6.07, 6.45) is 6.33. The van der Waals surface area contributed by atoms with Gasteiger partial charge in [-0.05, 0) is 31.4 Å². The summed E-state index contributed by atoms with van der Waals surface area (Å²) in [6, 6.07) is 4.11. The van der Waals surface area contributed by atoms with E-state index in [1.807, 2.05) is 6.07 Å². The topological polar surface area (TPSA) is 46.4 Å². The van der Waals surface area contributed by atoms with Crippen LogP contribution in [0.4, 0.5) is 0 Å². The molecule has 1 amide bonds. The summed E-state index contributed by atoms with van der Waals surface area (Å²) in [5.74, 6) is 0.168. The molecule has 0 spiro atoms. The molecular weight excluding hydrogens is 250 g/mol. The van der Waals surface area contributed by atoms with Crippen molar-refractivity contribution in [3.8, 4) is 0 Å². The molecule has 0 fully saturated rings. The van der Waals surface area contributed by atoms with Crippen LogP contribution < -0.4 is 5.32 Å². The summed E-state index contributed by atoms with van der Waals surface area (Å²) in [5, 5.41) is 2.90. The zero-order chi connectivity index (χ0) is 14.1. The minimum absolute atomic E-state index is 0.0443. The lowest BCUT2D eigenvalue weighted by Crippen LogP contribution is -2.34. The van der Waals surface area contributed by atoms with E-state index in [1.165, 1.54) is 11.3 Å². The van der Waals surface area contributed by atoms with Crippen molar-refractivity contribution in [3.05, 3.63) is 47.9 Å². The van der Waals surface area contributed by atoms with Crippen LogP contribution in [-0.2, 0) is 17.6 Å². The van der Waals surface area contributed by atoms with Crippen molar-refractivity contribution >= 4 is 11.6 Å². The van der Waals surface area contributed by atoms with E-state index in [1.54, 1.807) is 6.08 Å². The minimum Gasteiger partial charge on any atom is -0.352 e. The molecule has 0 radical (unpaired) electrons. The Hall–Kier alpha value is -2.10. The molecule has 1 aliphatic rings. The maximum atomic E-state index is 12.1. The van der Waals surface area contributed by atoms with Gasteiger partial charge in [0.15, 0.2) is 0 Å². The number of carbonyl (C=O) groups is 1. The van der Waals surface area contributed by atoms with Gasteiger partial charge in [-0.25, -0.2) is 4.98 Å². The quantitative estimate of drug-likeness (QED) is 0.867. The Labute approximate surface area is 118 Å². The van der Waals surface area contributed by atoms with E-state index in [0.717, 1.165) is 30.6 Å². The highest BCUT2D eigenvalue weighted by Gasteiger charge is 2.27. The third-order valence-electron chi connectivity index (χ3n) is 3.91. The number of aryl methyl sites for hydroxylation is 2. The van der Waals surface area contributed by atoms with Crippen molar-refractivity contribution in [2.75, 3.05) is 6.54 Å². The van der Waals surface area contributed by atoms with E-state index in [9.17, 15) is 4.79 Å². The van der Waals surface area contributed by atoms with Crippen LogP contribution >= 0.6 is 0 Å². The lowest BCUT2D eigenvalue weighted by Gasteiger charge is -2.21. The largest absolute Gasteiger partial charge is 0.352 e. The van der Waals surface area contributed by atoms with Gasteiger partial charge in [-0.2, -0.15) is 0 Å². The minimum atomic E-state index is 0.0443. The maximum Gasteiger partial charge on any atom is 0.223 e. The van der Waals surface area contributed by atoms with Crippen LogP contribution in [0.25, 0.3) is 5.65 Å². The van der Waals surface area contributed by atoms with Gasteiger partial charge < -0.3 is 9.72 Å². The van der Waals surface area contributed by atoms with Gasteiger partial charge in [0.05, 0.1) is 5.69 Å². The molecule has 4 nitrogen and oxygen atoms in total. The highest BCUT2D eigenvalue weighted by Crippen LogP contribution is 2.26. The third kappa shape index (κ3) is 2.22. The summed E-state index contributed by atoms with van der Waals surface area (Å²) in [7, 11) is 0. The summed E-state index contributed by atoms with van der Waals surface area (Å²) < 4.78 is 2.14. The monoisotopic (exact) mass is 269 g/mol. The standard InChI is InChI=1S/C16H19N3O/c1-3-8-17-16(20)12-5-6-13-14(9-12)19-10-11(2)4-7-15(19)18-13/h3-4,7,10,12H,1,5-6,8-9H2,2H3,(H,17,20). The number of amides is 1. The predicted molar refractivity (Wildman–Crippen MR) is 78.7 cm³/mol. The summed E-state index contributed by atoms with van der Waals surface area (Å²) in [4.78, 5) is 16.8. The number of aromatic nitrogens is 2. The van der Waals surface area contributed by atoms with E-state index in [4.69, 9.17) is 0 Å². The number of nitrogens with one attached hydrogen (secondary N) is 1. The Morgan fingerprint density at radius 2 is 2.45 bits per heavy atom. The number of carbonyl (C=O) groups excluding carboxylic acids is 1. The van der Waals surface area contributed by atoms with E-state index in [0.29, 0.717) is 6.54 Å². The van der Waals surface area contributed by atoms with Gasteiger partial charge in [-0.1, -0.05) is 12.1 Å². The lowest BCUT2D eigenvalue weighted by molar-refractivity contribution is -0.125. The second kappa shape index (κ2) is 5.12. The molecule has 1 unspecified atom stereocenters. The van der Waals surface area contributed by atoms with Crippen molar-refractivity contribution < 1.29 is 4.79 Å². The molecule has 104 valence electrons. The highest BCUT2D eigenvalue weighted by molar-refractivity contribution is 5.79. The van der Waals surface area contributed by atoms with Crippen molar-refractivity contribution in [1.29, 1.82) is 0 Å². The van der Waals surface area contributed by atoms with E-state index in [-0.39, 0.29) is 11.8 Å². The Morgan fingerprint density at radius 3 is 3.25 bits per heavy atom. The Morgan fingerprint density at radius 1 is 1.60 bits per heavy atom. The van der Waals surface area contributed by atoms with Gasteiger partial charge in [-0.3, -0.25) is 4.79 Å². The molecule has 2 aromatic heterocycles. The van der Waals surface area contributed by atoms with E-state index >= 15 is 0 Å². The first-order valence-electron chi connectivity index (χ1n) is 7.04. The SMILES string of the molecule is C=CCNC(=O)C1CCc2nc3ccc(C)cn3c2C1. The molecule has 0 saturated heterocycles. The zero-order valence-corrected chi connectivity index (χ0v) is 11.7. The molecule has 1 atom stereocenters.